The predicted octanol–water partition coefficient (Wildman–Crippen LogP) is -0.972. The van der Waals surface area contributed by atoms with Crippen LogP contribution in [0.3, 0.4) is 0 Å². The Morgan fingerprint density at radius 2 is 1.93 bits per heavy atom. The van der Waals surface area contributed by atoms with Gasteiger partial charge in [-0.05, 0) is 38.5 Å². The van der Waals surface area contributed by atoms with Crippen LogP contribution < -0.4 is 17.3 Å². The van der Waals surface area contributed by atoms with Gasteiger partial charge >= 0.3 is 0 Å². The molecule has 0 bridgehead atoms. The van der Waals surface area contributed by atoms with Gasteiger partial charge in [-0.1, -0.05) is 20.3 Å². The molecule has 1 N–H and O–H groups in total. The van der Waals surface area contributed by atoms with Crippen LogP contribution in [0.15, 0.2) is 0 Å². The summed E-state index contributed by atoms with van der Waals surface area (Å²) >= 11 is 0. The second-order valence-corrected chi connectivity index (χ2v) is 4.47. The van der Waals surface area contributed by atoms with E-state index in [1.165, 1.54) is 58.0 Å². The lowest BCUT2D eigenvalue weighted by atomic mass is 9.99. The molecular formula is C12H26ClN. The minimum absolute atomic E-state index is 0. The standard InChI is InChI=1S/C12H25N.ClH/c1-3-5-7-10-13-11-8-6-9-12(13)4-2;/h12H,3-11H2,1-2H3;1H. The maximum atomic E-state index is 2.36. The number of unbranched alkanes of at least 4 members (excludes halogenated alkanes) is 2. The number of nitrogens with one attached hydrogen (secondary N) is 1. The van der Waals surface area contributed by atoms with Crippen molar-refractivity contribution in [1.29, 1.82) is 0 Å². The number of likely N-dealkylation sites (tertiary alicyclic amines) is 1. The van der Waals surface area contributed by atoms with E-state index >= 15 is 0 Å². The van der Waals surface area contributed by atoms with Crippen molar-refractivity contribution in [3.8, 4) is 0 Å². The SMILES string of the molecule is CCCCC[NH+]1CCCCC1CC.[Cl-]. The molecule has 1 aliphatic heterocycles. The molecule has 2 atom stereocenters. The Morgan fingerprint density at radius 3 is 2.57 bits per heavy atom. The molecule has 2 heteroatoms. The van der Waals surface area contributed by atoms with Crippen molar-refractivity contribution in [2.75, 3.05) is 13.1 Å². The van der Waals surface area contributed by atoms with Crippen molar-refractivity contribution in [2.24, 2.45) is 0 Å². The van der Waals surface area contributed by atoms with E-state index in [0.717, 1.165) is 6.04 Å². The van der Waals surface area contributed by atoms with Crippen LogP contribution in [0, 0.1) is 0 Å². The van der Waals surface area contributed by atoms with Crippen molar-refractivity contribution >= 4 is 0 Å². The molecule has 0 spiro atoms. The summed E-state index contributed by atoms with van der Waals surface area (Å²) in [6.45, 7) is 7.53. The molecular weight excluding hydrogens is 194 g/mol. The molecule has 0 radical (unpaired) electrons. The Hall–Kier alpha value is 0.250. The van der Waals surface area contributed by atoms with Gasteiger partial charge in [0.15, 0.2) is 0 Å². The third-order valence-electron chi connectivity index (χ3n) is 3.47. The van der Waals surface area contributed by atoms with Crippen LogP contribution in [0.2, 0.25) is 0 Å². The summed E-state index contributed by atoms with van der Waals surface area (Å²) in [5, 5.41) is 0. The van der Waals surface area contributed by atoms with Crippen molar-refractivity contribution < 1.29 is 17.3 Å². The molecule has 86 valence electrons. The monoisotopic (exact) mass is 219 g/mol. The van der Waals surface area contributed by atoms with Gasteiger partial charge < -0.3 is 17.3 Å². The molecule has 1 aliphatic rings. The van der Waals surface area contributed by atoms with Gasteiger partial charge in [0.2, 0.25) is 0 Å². The van der Waals surface area contributed by atoms with E-state index in [1.54, 1.807) is 0 Å². The molecule has 0 aromatic rings. The van der Waals surface area contributed by atoms with Crippen molar-refractivity contribution in [2.45, 2.75) is 64.8 Å². The van der Waals surface area contributed by atoms with E-state index in [1.807, 2.05) is 4.90 Å². The highest BCUT2D eigenvalue weighted by Crippen LogP contribution is 2.05. The van der Waals surface area contributed by atoms with Crippen LogP contribution in [-0.4, -0.2) is 19.1 Å². The number of halogens is 1. The van der Waals surface area contributed by atoms with Crippen LogP contribution in [0.5, 0.6) is 0 Å². The smallest absolute Gasteiger partial charge is 0.0872 e. The lowest BCUT2D eigenvalue weighted by Gasteiger charge is -2.32. The molecule has 0 aromatic heterocycles. The van der Waals surface area contributed by atoms with E-state index < -0.39 is 0 Å². The van der Waals surface area contributed by atoms with Gasteiger partial charge in [-0.2, -0.15) is 0 Å². The topological polar surface area (TPSA) is 4.44 Å². The van der Waals surface area contributed by atoms with E-state index in [-0.39, 0.29) is 12.4 Å². The van der Waals surface area contributed by atoms with Crippen LogP contribution >= 0.6 is 0 Å². The predicted molar refractivity (Wildman–Crippen MR) is 58.2 cm³/mol. The fourth-order valence-corrected chi connectivity index (χ4v) is 2.58. The maximum Gasteiger partial charge on any atom is 0.0872 e. The average Bonchev–Trinajstić information content (AvgIpc) is 2.19. The van der Waals surface area contributed by atoms with E-state index in [0.29, 0.717) is 0 Å². The second kappa shape index (κ2) is 8.55. The van der Waals surface area contributed by atoms with Gasteiger partial charge in [0.1, 0.15) is 0 Å². The van der Waals surface area contributed by atoms with E-state index in [2.05, 4.69) is 13.8 Å². The first kappa shape index (κ1) is 14.2. The summed E-state index contributed by atoms with van der Waals surface area (Å²) in [7, 11) is 0. The largest absolute Gasteiger partial charge is 1.00 e. The molecule has 0 amide bonds. The van der Waals surface area contributed by atoms with Gasteiger partial charge in [0.05, 0.1) is 19.1 Å². The molecule has 1 heterocycles. The molecule has 1 saturated heterocycles. The van der Waals surface area contributed by atoms with Crippen molar-refractivity contribution in [3.63, 3.8) is 0 Å². The third-order valence-corrected chi connectivity index (χ3v) is 3.47. The zero-order valence-corrected chi connectivity index (χ0v) is 10.6. The minimum Gasteiger partial charge on any atom is -1.00 e. The van der Waals surface area contributed by atoms with Gasteiger partial charge in [-0.3, -0.25) is 0 Å². The Morgan fingerprint density at radius 1 is 1.14 bits per heavy atom. The first-order chi connectivity index (χ1) is 6.38. The summed E-state index contributed by atoms with van der Waals surface area (Å²) < 4.78 is 0. The van der Waals surface area contributed by atoms with Crippen LogP contribution in [0.4, 0.5) is 0 Å². The van der Waals surface area contributed by atoms with Crippen molar-refractivity contribution in [1.82, 2.24) is 0 Å². The first-order valence-electron chi connectivity index (χ1n) is 6.23. The molecule has 1 fully saturated rings. The van der Waals surface area contributed by atoms with Gasteiger partial charge in [-0.25, -0.2) is 0 Å². The Labute approximate surface area is 95.7 Å². The summed E-state index contributed by atoms with van der Waals surface area (Å²) in [6, 6.07) is 0.991. The highest BCUT2D eigenvalue weighted by Gasteiger charge is 2.23. The lowest BCUT2D eigenvalue weighted by Crippen LogP contribution is -3.16. The summed E-state index contributed by atoms with van der Waals surface area (Å²) in [5.41, 5.74) is 0. The van der Waals surface area contributed by atoms with Gasteiger partial charge in [-0.15, -0.1) is 0 Å². The third kappa shape index (κ3) is 4.65. The zero-order valence-electron chi connectivity index (χ0n) is 9.82. The Bertz CT molecular complexity index is 127. The van der Waals surface area contributed by atoms with Gasteiger partial charge in [0.25, 0.3) is 0 Å². The number of rotatable bonds is 5. The fourth-order valence-electron chi connectivity index (χ4n) is 2.58. The van der Waals surface area contributed by atoms with Crippen LogP contribution in [-0.2, 0) is 0 Å². The second-order valence-electron chi connectivity index (χ2n) is 4.47. The van der Waals surface area contributed by atoms with E-state index in [9.17, 15) is 0 Å². The normalized spacial score (nSPS) is 27.0. The highest BCUT2D eigenvalue weighted by molar-refractivity contribution is 4.59. The molecule has 0 aliphatic carbocycles. The zero-order chi connectivity index (χ0) is 9.52. The summed E-state index contributed by atoms with van der Waals surface area (Å²) in [4.78, 5) is 1.90. The van der Waals surface area contributed by atoms with Crippen LogP contribution in [0.25, 0.3) is 0 Å². The fraction of sp³-hybridized carbons (Fsp3) is 1.00. The molecule has 1 nitrogen and oxygen atoms in total. The van der Waals surface area contributed by atoms with Crippen molar-refractivity contribution in [3.05, 3.63) is 0 Å². The summed E-state index contributed by atoms with van der Waals surface area (Å²) in [6.07, 6.45) is 10.1. The molecule has 2 unspecified atom stereocenters. The number of piperidine rings is 1. The number of quaternary nitrogens is 1. The summed E-state index contributed by atoms with van der Waals surface area (Å²) in [5.74, 6) is 0. The average molecular weight is 220 g/mol. The van der Waals surface area contributed by atoms with Crippen LogP contribution in [0.1, 0.15) is 58.8 Å². The highest BCUT2D eigenvalue weighted by atomic mass is 35.5. The quantitative estimate of drug-likeness (QED) is 0.568. The molecule has 0 aromatic carbocycles. The molecule has 1 rings (SSSR count). The number of hydrogen-bond donors (Lipinski definition) is 1. The molecule has 0 saturated carbocycles. The Balaban J connectivity index is 0.00000169. The molecule has 14 heavy (non-hydrogen) atoms. The van der Waals surface area contributed by atoms with E-state index in [4.69, 9.17) is 0 Å². The Kier molecular flexibility index (Phi) is 8.70. The first-order valence-corrected chi connectivity index (χ1v) is 6.23. The van der Waals surface area contributed by atoms with Gasteiger partial charge in [0, 0.05) is 0 Å². The lowest BCUT2D eigenvalue weighted by molar-refractivity contribution is -0.931. The maximum absolute atomic E-state index is 2.36. The minimum atomic E-state index is 0. The number of hydrogen-bond acceptors (Lipinski definition) is 0.